The van der Waals surface area contributed by atoms with Crippen molar-refractivity contribution in [2.24, 2.45) is 11.7 Å². The molecule has 2 aromatic heterocycles. The summed E-state index contributed by atoms with van der Waals surface area (Å²) in [5.41, 5.74) is 6.39. The van der Waals surface area contributed by atoms with E-state index in [1.165, 1.54) is 27.7 Å². The number of likely N-dealkylation sites (N-methyl/N-ethyl adjacent to an activating group) is 1. The van der Waals surface area contributed by atoms with E-state index in [1.807, 2.05) is 0 Å². The Bertz CT molecular complexity index is 4710. The molecule has 1 fully saturated rings. The molecule has 9 rings (SSSR count). The molecule has 4 aliphatic heterocycles. The number of amides is 13. The number of carbonyl (C=O) groups excluding carboxylic acids is 14. The van der Waals surface area contributed by atoms with E-state index in [2.05, 4.69) is 54.4 Å². The maximum absolute atomic E-state index is 15.6. The first kappa shape index (κ1) is 91.4. The predicted molar refractivity (Wildman–Crippen MR) is 415 cm³/mol. The summed E-state index contributed by atoms with van der Waals surface area (Å²) in [5.74, 6) is -11.0. The van der Waals surface area contributed by atoms with E-state index in [-0.39, 0.29) is 159 Å². The molecule has 6 heterocycles. The molecule has 42 heteroatoms. The molecule has 0 bridgehead atoms. The van der Waals surface area contributed by atoms with Gasteiger partial charge in [0.05, 0.1) is 107 Å². The number of nitrogens with one attached hydrogen (secondary N) is 9. The van der Waals surface area contributed by atoms with Gasteiger partial charge in [-0.05, 0) is 92.3 Å². The number of cyclic esters (lactones) is 2. The lowest BCUT2D eigenvalue weighted by Gasteiger charge is -2.31. The second kappa shape index (κ2) is 41.8. The predicted octanol–water partition coefficient (Wildman–Crippen LogP) is -0.327. The molecule has 7 atom stereocenters. The minimum atomic E-state index is -4.53. The summed E-state index contributed by atoms with van der Waals surface area (Å²) in [5, 5.41) is 35.2. The van der Waals surface area contributed by atoms with E-state index in [1.54, 1.807) is 52.8 Å². The number of rotatable bonds is 44. The number of urea groups is 1. The van der Waals surface area contributed by atoms with Gasteiger partial charge in [0.2, 0.25) is 47.3 Å². The highest BCUT2D eigenvalue weighted by molar-refractivity contribution is 7.51. The Morgan fingerprint density at radius 2 is 1.42 bits per heavy atom. The zero-order chi connectivity index (χ0) is 86.6. The number of ether oxygens (including phenoxy) is 7. The van der Waals surface area contributed by atoms with Crippen molar-refractivity contribution < 1.29 is 124 Å². The van der Waals surface area contributed by atoms with Crippen LogP contribution in [0.25, 0.3) is 22.3 Å². The Balaban J connectivity index is 0.724. The van der Waals surface area contributed by atoms with Gasteiger partial charge < -0.3 is 106 Å². The number of hydrogen-bond acceptors (Lipinski definition) is 25. The normalized spacial score (nSPS) is 17.3. The third kappa shape index (κ3) is 23.9. The number of aryl methyl sites for hydroxylation is 1. The lowest BCUT2D eigenvalue weighted by molar-refractivity contribution is -0.172. The van der Waals surface area contributed by atoms with Crippen LogP contribution in [0.5, 0.6) is 0 Å². The van der Waals surface area contributed by atoms with Gasteiger partial charge in [-0.15, -0.1) is 0 Å². The molecule has 1 saturated heterocycles. The van der Waals surface area contributed by atoms with Gasteiger partial charge >= 0.3 is 31.7 Å². The van der Waals surface area contributed by atoms with E-state index in [4.69, 9.17) is 53.7 Å². The Labute approximate surface area is 680 Å². The van der Waals surface area contributed by atoms with Gasteiger partial charge in [-0.2, -0.15) is 0 Å². The number of halogens is 1. The van der Waals surface area contributed by atoms with Gasteiger partial charge in [0.1, 0.15) is 49.7 Å². The second-order valence-electron chi connectivity index (χ2n) is 28.8. The van der Waals surface area contributed by atoms with Crippen LogP contribution >= 0.6 is 7.60 Å². The van der Waals surface area contributed by atoms with Crippen molar-refractivity contribution in [1.29, 1.82) is 0 Å². The van der Waals surface area contributed by atoms with Gasteiger partial charge in [-0.3, -0.25) is 67.1 Å². The average molecular weight is 1690 g/mol. The summed E-state index contributed by atoms with van der Waals surface area (Å²) in [4.78, 5) is 223. The van der Waals surface area contributed by atoms with Gasteiger partial charge in [0.25, 0.3) is 17.4 Å². The number of fused-ring (bicyclic) bond motifs is 5. The Hall–Kier alpha value is -11.5. The number of nitrogens with zero attached hydrogens (tertiary/aromatic N) is 4. The Morgan fingerprint density at radius 1 is 0.756 bits per heavy atom. The van der Waals surface area contributed by atoms with Crippen molar-refractivity contribution in [3.8, 4) is 11.4 Å². The zero-order valence-corrected chi connectivity index (χ0v) is 67.1. The SMILES string of the molecule is C=C(NC(=O)CCP(=O)(O)O)[C@@H](C(=O)NCCOCCOCCOCCOCCC(=O)N[C@@H](CC(=O)N[C@H]1CCOC1=O)C(=O)N[C@H](C(=O)N[C@@H](CCCNC(N)=O)C(=O)Nc1ccc(COC(=O)N(CC)CC(=O)NC2CCc3c(C)c(F)cc4nc5c(c2c34)Cn2c-5cc3c(c2=O)COC(=O)[C@]3(O)CC)cc1)C(C)C)N1C(=O)C=CC1=O. The van der Waals surface area contributed by atoms with E-state index >= 15 is 4.39 Å². The molecule has 119 heavy (non-hydrogen) atoms. The summed E-state index contributed by atoms with van der Waals surface area (Å²) in [7, 11) is -4.53. The van der Waals surface area contributed by atoms with Gasteiger partial charge in [0, 0.05) is 85.0 Å². The zero-order valence-electron chi connectivity index (χ0n) is 66.2. The molecule has 0 radical (unpaired) electrons. The van der Waals surface area contributed by atoms with Crippen LogP contribution in [0.1, 0.15) is 124 Å². The maximum atomic E-state index is 15.6. The lowest BCUT2D eigenvalue weighted by atomic mass is 9.81. The number of carbonyl (C=O) groups is 14. The highest BCUT2D eigenvalue weighted by Gasteiger charge is 2.47. The van der Waals surface area contributed by atoms with Crippen LogP contribution in [0.2, 0.25) is 0 Å². The van der Waals surface area contributed by atoms with Crippen molar-refractivity contribution >= 4 is 107 Å². The first-order chi connectivity index (χ1) is 56.6. The molecule has 0 spiro atoms. The van der Waals surface area contributed by atoms with Crippen LogP contribution in [0.4, 0.5) is 19.7 Å². The van der Waals surface area contributed by atoms with Crippen molar-refractivity contribution in [3.05, 3.63) is 116 Å². The minimum absolute atomic E-state index is 0.00558. The smallest absolute Gasteiger partial charge is 0.410 e. The molecule has 2 aromatic carbocycles. The largest absolute Gasteiger partial charge is 0.464 e. The molecule has 0 saturated carbocycles. The maximum Gasteiger partial charge on any atom is 0.410 e. The molecule has 1 aliphatic carbocycles. The molecule has 5 aliphatic rings. The van der Waals surface area contributed by atoms with Crippen molar-refractivity contribution in [1.82, 2.24) is 61.9 Å². The molecule has 14 N–H and O–H groups in total. The number of aliphatic hydroxyl groups is 1. The average Bonchev–Trinajstić information content (AvgIpc) is 1.59. The van der Waals surface area contributed by atoms with Crippen LogP contribution in [-0.2, 0) is 127 Å². The van der Waals surface area contributed by atoms with Crippen molar-refractivity contribution in [2.75, 3.05) is 97.1 Å². The molecule has 13 amide bonds. The topological polar surface area (TPSA) is 557 Å². The molecule has 1 unspecified atom stereocenters. The minimum Gasteiger partial charge on any atom is -0.464 e. The summed E-state index contributed by atoms with van der Waals surface area (Å²) >= 11 is 0. The van der Waals surface area contributed by atoms with Crippen molar-refractivity contribution in [2.45, 2.75) is 154 Å². The molecular formula is C77H98FN14O26P. The molecule has 40 nitrogen and oxygen atoms in total. The third-order valence-electron chi connectivity index (χ3n) is 20.2. The van der Waals surface area contributed by atoms with Crippen LogP contribution < -0.4 is 59.1 Å². The van der Waals surface area contributed by atoms with Gasteiger partial charge in [0.15, 0.2) is 11.6 Å². The lowest BCUT2D eigenvalue weighted by Crippen LogP contribution is -2.58. The fourth-order valence-electron chi connectivity index (χ4n) is 13.9. The van der Waals surface area contributed by atoms with Gasteiger partial charge in [-0.25, -0.2) is 28.6 Å². The highest BCUT2D eigenvalue weighted by Crippen LogP contribution is 2.46. The quantitative estimate of drug-likeness (QED) is 0.00781. The van der Waals surface area contributed by atoms with Gasteiger partial charge in [-0.1, -0.05) is 39.5 Å². The van der Waals surface area contributed by atoms with E-state index in [0.717, 1.165) is 12.2 Å². The van der Waals surface area contributed by atoms with E-state index in [0.29, 0.717) is 62.3 Å². The highest BCUT2D eigenvalue weighted by atomic mass is 31.2. The number of benzene rings is 2. The van der Waals surface area contributed by atoms with Crippen LogP contribution in [0, 0.1) is 18.7 Å². The number of hydrogen-bond donors (Lipinski definition) is 13. The third-order valence-corrected chi connectivity index (χ3v) is 21.0. The molecular weight excluding hydrogens is 1590 g/mol. The van der Waals surface area contributed by atoms with E-state index < -0.39 is 175 Å². The Morgan fingerprint density at radius 3 is 2.05 bits per heavy atom. The summed E-state index contributed by atoms with van der Waals surface area (Å²) in [6, 6.07) is 0.344. The number of anilines is 1. The summed E-state index contributed by atoms with van der Waals surface area (Å²) < 4.78 is 66.1. The van der Waals surface area contributed by atoms with Crippen LogP contribution in [0.3, 0.4) is 0 Å². The number of primary amides is 1. The second-order valence-corrected chi connectivity index (χ2v) is 30.6. The van der Waals surface area contributed by atoms with Crippen LogP contribution in [-0.4, -0.2) is 239 Å². The first-order valence-corrected chi connectivity index (χ1v) is 40.4. The Kier molecular flexibility index (Phi) is 32.1. The number of esters is 2. The van der Waals surface area contributed by atoms with Crippen LogP contribution in [0.15, 0.2) is 65.6 Å². The van der Waals surface area contributed by atoms with E-state index in [9.17, 15) is 81.6 Å². The summed E-state index contributed by atoms with van der Waals surface area (Å²) in [6.07, 6.45) is -0.670. The first-order valence-electron chi connectivity index (χ1n) is 38.6. The number of pyridine rings is 2. The standard InChI is InChI=1S/C77H98FN14O26P/c1-7-77(108)49-34-56-66-47(37-91(56)72(103)48(49)40-117-74(77)105)64-51(16-15-46-42(5)50(78)35-54(87-66)63(46)64)84-60(96)38-90(8-2)76(107)118-39-44-11-13-45(14-12-44)83-68(99)52(10-9-22-81-75(79)106)88-70(101)65(41(3)4)89-69(100)55(36-59(95)85-53-19-25-116-73(53)104)86-57(93)20-24-112-27-29-114-31-32-115-30-28-113-26-23-80-71(102)67(92-61(97)17-18-62(92)98)43(6)82-58(94)21-33-119(109,110)111/h11-14,17-18,34-35,41,51-53,55,65,67,108H,6-10,15-16,19-33,36-40H2,1-5H3,(H,80,102)(H,82,94)(H,83,99)(H,84,96)(H,85,95)(H,86,93)(H,88,101)(H,89,100)(H3,79,81,106)(H2,109,110,111)/t51?,52-,53-,55-,65-,67-,77-/m0/s1. The number of aromatic nitrogens is 2. The molecule has 4 aromatic rings. The number of nitrogens with two attached hydrogens (primary N) is 1. The fraction of sp³-hybridized carbons (Fsp3) is 0.506. The molecule has 644 valence electrons. The number of imide groups is 1. The fourth-order valence-corrected chi connectivity index (χ4v) is 14.4. The van der Waals surface area contributed by atoms with Crippen molar-refractivity contribution in [3.63, 3.8) is 0 Å². The monoisotopic (exact) mass is 1680 g/mol. The summed E-state index contributed by atoms with van der Waals surface area (Å²) in [6.45, 7) is 10.8.